The molecule has 0 aliphatic heterocycles. The summed E-state index contributed by atoms with van der Waals surface area (Å²) in [6.45, 7) is 4.46. The van der Waals surface area contributed by atoms with E-state index >= 15 is 0 Å². The zero-order valence-electron chi connectivity index (χ0n) is 11.1. The quantitative estimate of drug-likeness (QED) is 0.572. The van der Waals surface area contributed by atoms with Crippen molar-refractivity contribution in [2.24, 2.45) is 5.73 Å². The molecule has 1 aromatic carbocycles. The lowest BCUT2D eigenvalue weighted by atomic mass is 10.2. The van der Waals surface area contributed by atoms with E-state index in [1.54, 1.807) is 0 Å². The Labute approximate surface area is 109 Å². The second-order valence-corrected chi connectivity index (χ2v) is 4.31. The molecule has 1 atom stereocenters. The van der Waals surface area contributed by atoms with Gasteiger partial charge < -0.3 is 20.9 Å². The molecule has 0 aromatic heterocycles. The van der Waals surface area contributed by atoms with E-state index in [0.29, 0.717) is 19.7 Å². The van der Waals surface area contributed by atoms with Crippen molar-refractivity contribution in [3.63, 3.8) is 0 Å². The Hall–Kier alpha value is -1.10. The Morgan fingerprint density at radius 3 is 2.67 bits per heavy atom. The lowest BCUT2D eigenvalue weighted by molar-refractivity contribution is 0.106. The Kier molecular flexibility index (Phi) is 7.41. The molecule has 0 fully saturated rings. The molecule has 4 nitrogen and oxygen atoms in total. The maximum atomic E-state index is 9.69. The minimum atomic E-state index is -0.492. The van der Waals surface area contributed by atoms with Crippen molar-refractivity contribution in [1.29, 1.82) is 0 Å². The van der Waals surface area contributed by atoms with Crippen molar-refractivity contribution in [3.05, 3.63) is 29.8 Å². The number of ether oxygens (including phenoxy) is 1. The molecular weight excluding hydrogens is 228 g/mol. The van der Waals surface area contributed by atoms with Crippen molar-refractivity contribution in [2.45, 2.75) is 25.9 Å². The van der Waals surface area contributed by atoms with Gasteiger partial charge in [0.2, 0.25) is 0 Å². The summed E-state index contributed by atoms with van der Waals surface area (Å²) in [5, 5.41) is 12.8. The highest BCUT2D eigenvalue weighted by Gasteiger charge is 2.04. The molecule has 18 heavy (non-hydrogen) atoms. The van der Waals surface area contributed by atoms with Crippen LogP contribution in [0.5, 0.6) is 5.75 Å². The number of rotatable bonds is 9. The van der Waals surface area contributed by atoms with Gasteiger partial charge in [0.1, 0.15) is 18.5 Å². The van der Waals surface area contributed by atoms with Gasteiger partial charge in [-0.15, -0.1) is 0 Å². The number of benzene rings is 1. The molecule has 0 saturated heterocycles. The Bertz CT molecular complexity index is 314. The van der Waals surface area contributed by atoms with Crippen LogP contribution in [0.15, 0.2) is 24.3 Å². The summed E-state index contributed by atoms with van der Waals surface area (Å²) in [7, 11) is 0. The largest absolute Gasteiger partial charge is 0.491 e. The van der Waals surface area contributed by atoms with Crippen LogP contribution < -0.4 is 15.8 Å². The molecule has 1 aromatic rings. The van der Waals surface area contributed by atoms with Crippen LogP contribution in [0.25, 0.3) is 0 Å². The molecule has 0 amide bonds. The zero-order valence-corrected chi connectivity index (χ0v) is 11.1. The van der Waals surface area contributed by atoms with E-state index in [-0.39, 0.29) is 0 Å². The van der Waals surface area contributed by atoms with Crippen molar-refractivity contribution in [2.75, 3.05) is 26.2 Å². The molecule has 0 saturated carbocycles. The molecule has 0 aliphatic rings. The highest BCUT2D eigenvalue weighted by molar-refractivity contribution is 5.27. The first-order valence-corrected chi connectivity index (χ1v) is 6.56. The van der Waals surface area contributed by atoms with Crippen LogP contribution in [-0.2, 0) is 6.42 Å². The Morgan fingerprint density at radius 1 is 1.33 bits per heavy atom. The van der Waals surface area contributed by atoms with Gasteiger partial charge in [-0.2, -0.15) is 0 Å². The van der Waals surface area contributed by atoms with Crippen molar-refractivity contribution >= 4 is 0 Å². The minimum Gasteiger partial charge on any atom is -0.491 e. The topological polar surface area (TPSA) is 67.5 Å². The Morgan fingerprint density at radius 2 is 2.06 bits per heavy atom. The van der Waals surface area contributed by atoms with E-state index in [1.165, 1.54) is 5.56 Å². The Balaban J connectivity index is 2.18. The van der Waals surface area contributed by atoms with Gasteiger partial charge in [-0.3, -0.25) is 0 Å². The van der Waals surface area contributed by atoms with E-state index < -0.39 is 6.10 Å². The number of hydrogen-bond acceptors (Lipinski definition) is 4. The van der Waals surface area contributed by atoms with Crippen molar-refractivity contribution in [1.82, 2.24) is 5.32 Å². The first kappa shape index (κ1) is 15.0. The lowest BCUT2D eigenvalue weighted by Crippen LogP contribution is -2.32. The molecule has 0 aliphatic carbocycles. The van der Waals surface area contributed by atoms with E-state index in [2.05, 4.69) is 12.2 Å². The van der Waals surface area contributed by atoms with E-state index in [4.69, 9.17) is 10.5 Å². The summed E-state index contributed by atoms with van der Waals surface area (Å²) >= 11 is 0. The van der Waals surface area contributed by atoms with Gasteiger partial charge in [0.05, 0.1) is 0 Å². The summed E-state index contributed by atoms with van der Waals surface area (Å²) in [4.78, 5) is 0. The average Bonchev–Trinajstić information content (AvgIpc) is 2.42. The fraction of sp³-hybridized carbons (Fsp3) is 0.571. The summed E-state index contributed by atoms with van der Waals surface area (Å²) in [6.07, 6.45) is 1.45. The first-order chi connectivity index (χ1) is 8.76. The number of aliphatic hydroxyl groups is 1. The predicted octanol–water partition coefficient (Wildman–Crippen LogP) is 0.927. The van der Waals surface area contributed by atoms with Crippen LogP contribution in [0.2, 0.25) is 0 Å². The standard InChI is InChI=1S/C14H24N2O2/c1-2-12-4-6-14(7-5-12)18-11-13(17)10-16-9-3-8-15/h4-7,13,16-17H,2-3,8-11,15H2,1H3. The maximum Gasteiger partial charge on any atom is 0.119 e. The second-order valence-electron chi connectivity index (χ2n) is 4.31. The SMILES string of the molecule is CCc1ccc(OCC(O)CNCCCN)cc1. The molecule has 0 spiro atoms. The number of nitrogens with one attached hydrogen (secondary N) is 1. The molecule has 0 heterocycles. The number of aliphatic hydroxyl groups excluding tert-OH is 1. The third kappa shape index (κ3) is 6.00. The minimum absolute atomic E-state index is 0.307. The van der Waals surface area contributed by atoms with Crippen LogP contribution in [0.1, 0.15) is 18.9 Å². The van der Waals surface area contributed by atoms with Gasteiger partial charge in [0.25, 0.3) is 0 Å². The van der Waals surface area contributed by atoms with Crippen LogP contribution in [0.3, 0.4) is 0 Å². The van der Waals surface area contributed by atoms with E-state index in [9.17, 15) is 5.11 Å². The van der Waals surface area contributed by atoms with E-state index in [0.717, 1.165) is 25.1 Å². The summed E-state index contributed by atoms with van der Waals surface area (Å²) in [5.41, 5.74) is 6.66. The molecule has 0 radical (unpaired) electrons. The van der Waals surface area contributed by atoms with Crippen molar-refractivity contribution < 1.29 is 9.84 Å². The van der Waals surface area contributed by atoms with Crippen LogP contribution in [-0.4, -0.2) is 37.5 Å². The number of hydrogen-bond donors (Lipinski definition) is 3. The van der Waals surface area contributed by atoms with Gasteiger partial charge in [-0.05, 0) is 43.6 Å². The zero-order chi connectivity index (χ0) is 13.2. The average molecular weight is 252 g/mol. The van der Waals surface area contributed by atoms with Gasteiger partial charge >= 0.3 is 0 Å². The summed E-state index contributed by atoms with van der Waals surface area (Å²) in [5.74, 6) is 0.799. The van der Waals surface area contributed by atoms with Gasteiger partial charge in [-0.25, -0.2) is 0 Å². The van der Waals surface area contributed by atoms with Gasteiger partial charge in [-0.1, -0.05) is 19.1 Å². The third-order valence-electron chi connectivity index (χ3n) is 2.71. The second kappa shape index (κ2) is 8.91. The highest BCUT2D eigenvalue weighted by Crippen LogP contribution is 2.12. The smallest absolute Gasteiger partial charge is 0.119 e. The molecule has 4 N–H and O–H groups in total. The fourth-order valence-electron chi connectivity index (χ4n) is 1.57. The number of aryl methyl sites for hydroxylation is 1. The predicted molar refractivity (Wildman–Crippen MR) is 73.9 cm³/mol. The molecule has 1 rings (SSSR count). The fourth-order valence-corrected chi connectivity index (χ4v) is 1.57. The first-order valence-electron chi connectivity index (χ1n) is 6.56. The maximum absolute atomic E-state index is 9.69. The van der Waals surface area contributed by atoms with Crippen LogP contribution in [0.4, 0.5) is 0 Å². The van der Waals surface area contributed by atoms with Gasteiger partial charge in [0.15, 0.2) is 0 Å². The van der Waals surface area contributed by atoms with Gasteiger partial charge in [0, 0.05) is 6.54 Å². The monoisotopic (exact) mass is 252 g/mol. The van der Waals surface area contributed by atoms with Crippen LogP contribution in [0, 0.1) is 0 Å². The number of nitrogens with two attached hydrogens (primary N) is 1. The molecule has 102 valence electrons. The van der Waals surface area contributed by atoms with E-state index in [1.807, 2.05) is 24.3 Å². The normalized spacial score (nSPS) is 12.4. The summed E-state index contributed by atoms with van der Waals surface area (Å²) < 4.78 is 5.51. The molecular formula is C14H24N2O2. The highest BCUT2D eigenvalue weighted by atomic mass is 16.5. The summed E-state index contributed by atoms with van der Waals surface area (Å²) in [6, 6.07) is 7.96. The third-order valence-corrected chi connectivity index (χ3v) is 2.71. The lowest BCUT2D eigenvalue weighted by Gasteiger charge is -2.13. The molecule has 4 heteroatoms. The van der Waals surface area contributed by atoms with Crippen molar-refractivity contribution in [3.8, 4) is 5.75 Å². The van der Waals surface area contributed by atoms with Crippen LogP contribution >= 0.6 is 0 Å². The molecule has 0 bridgehead atoms. The molecule has 1 unspecified atom stereocenters.